The van der Waals surface area contributed by atoms with E-state index in [9.17, 15) is 14.7 Å². The van der Waals surface area contributed by atoms with Gasteiger partial charge in [-0.15, -0.1) is 0 Å². The second-order valence-electron chi connectivity index (χ2n) is 10.7. The topological polar surface area (TPSA) is 79.3 Å². The van der Waals surface area contributed by atoms with Crippen molar-refractivity contribution in [3.63, 3.8) is 0 Å². The van der Waals surface area contributed by atoms with E-state index in [-0.39, 0.29) is 17.4 Å². The fraction of sp³-hybridized carbons (Fsp3) is 0.353. The lowest BCUT2D eigenvalue weighted by molar-refractivity contribution is -0.140. The van der Waals surface area contributed by atoms with Gasteiger partial charge in [-0.2, -0.15) is 0 Å². The molecule has 0 radical (unpaired) electrons. The van der Waals surface area contributed by atoms with Gasteiger partial charge in [0.2, 0.25) is 0 Å². The van der Waals surface area contributed by atoms with E-state index in [0.717, 1.165) is 54.9 Å². The molecule has 0 aromatic heterocycles. The first-order chi connectivity index (χ1) is 19.9. The molecule has 1 N–H and O–H groups in total. The second-order valence-corrected chi connectivity index (χ2v) is 10.7. The Balaban J connectivity index is 1.46. The van der Waals surface area contributed by atoms with Crippen LogP contribution >= 0.6 is 0 Å². The number of rotatable bonds is 11. The number of amides is 1. The number of aliphatic hydroxyl groups is 1. The zero-order chi connectivity index (χ0) is 28.9. The number of ether oxygens (including phenoxy) is 2. The van der Waals surface area contributed by atoms with Crippen molar-refractivity contribution in [1.29, 1.82) is 0 Å². The van der Waals surface area contributed by atoms with Crippen LogP contribution in [0.2, 0.25) is 0 Å². The Bertz CT molecular complexity index is 1410. The Morgan fingerprint density at radius 2 is 1.76 bits per heavy atom. The van der Waals surface area contributed by atoms with Gasteiger partial charge in [-0.05, 0) is 80.0 Å². The van der Waals surface area contributed by atoms with Gasteiger partial charge in [0.15, 0.2) is 0 Å². The molecule has 1 saturated heterocycles. The number of ketones is 1. The highest BCUT2D eigenvalue weighted by Gasteiger charge is 2.46. The van der Waals surface area contributed by atoms with Crippen LogP contribution in [0.5, 0.6) is 11.5 Å². The molecule has 1 fully saturated rings. The highest BCUT2D eigenvalue weighted by atomic mass is 16.5. The Kier molecular flexibility index (Phi) is 8.74. The summed E-state index contributed by atoms with van der Waals surface area (Å²) < 4.78 is 11.8. The average molecular weight is 555 g/mol. The number of nitrogens with zero attached hydrogens (tertiary/aromatic N) is 2. The maximum atomic E-state index is 13.5. The van der Waals surface area contributed by atoms with Crippen LogP contribution in [0.1, 0.15) is 55.5 Å². The number of hydrogen-bond acceptors (Lipinski definition) is 6. The summed E-state index contributed by atoms with van der Waals surface area (Å²) in [4.78, 5) is 30.7. The summed E-state index contributed by atoms with van der Waals surface area (Å²) >= 11 is 0. The number of fused-ring (bicyclic) bond motifs is 1. The average Bonchev–Trinajstić information content (AvgIpc) is 3.49. The quantitative estimate of drug-likeness (QED) is 0.185. The van der Waals surface area contributed by atoms with E-state index in [2.05, 4.69) is 18.7 Å². The van der Waals surface area contributed by atoms with Gasteiger partial charge in [0.05, 0.1) is 11.6 Å². The number of likely N-dealkylation sites (tertiary alicyclic amines) is 1. The number of aliphatic hydroxyl groups excluding tert-OH is 1. The van der Waals surface area contributed by atoms with Crippen molar-refractivity contribution in [2.45, 2.75) is 52.4 Å². The third kappa shape index (κ3) is 6.15. The predicted molar refractivity (Wildman–Crippen MR) is 159 cm³/mol. The van der Waals surface area contributed by atoms with E-state index in [0.29, 0.717) is 24.5 Å². The molecule has 3 aromatic rings. The standard InChI is InChI=1S/C34H38N2O5/c1-4-35(5-2)18-9-19-36-31(25-12-15-28(16-13-25)40-22-24-10-7-6-8-11-24)30(33(38)34(36)39)32(37)26-14-17-29-27(21-26)20-23(3)41-29/h6-8,10-17,21,23,31,37H,4-5,9,18-20,22H2,1-3H3/b32-30+/t23-,31-/m0/s1. The maximum Gasteiger partial charge on any atom is 0.295 e. The normalized spacial score (nSPS) is 19.5. The molecule has 0 unspecified atom stereocenters. The molecule has 7 heteroatoms. The molecule has 7 nitrogen and oxygen atoms in total. The predicted octanol–water partition coefficient (Wildman–Crippen LogP) is 5.74. The van der Waals surface area contributed by atoms with Crippen LogP contribution in [-0.2, 0) is 22.6 Å². The zero-order valence-electron chi connectivity index (χ0n) is 24.0. The Labute approximate surface area is 242 Å². The van der Waals surface area contributed by atoms with Crippen molar-refractivity contribution >= 4 is 17.4 Å². The minimum atomic E-state index is -0.696. The lowest BCUT2D eigenvalue weighted by Gasteiger charge is -2.27. The molecular weight excluding hydrogens is 516 g/mol. The van der Waals surface area contributed by atoms with E-state index in [1.165, 1.54) is 0 Å². The minimum Gasteiger partial charge on any atom is -0.507 e. The Morgan fingerprint density at radius 3 is 2.46 bits per heavy atom. The van der Waals surface area contributed by atoms with Crippen LogP contribution in [0.4, 0.5) is 0 Å². The van der Waals surface area contributed by atoms with Crippen molar-refractivity contribution in [3.8, 4) is 11.5 Å². The number of carbonyl (C=O) groups is 2. The molecule has 1 amide bonds. The zero-order valence-corrected chi connectivity index (χ0v) is 24.0. The molecule has 2 aliphatic rings. The van der Waals surface area contributed by atoms with Gasteiger partial charge in [-0.25, -0.2) is 0 Å². The van der Waals surface area contributed by atoms with E-state index in [1.54, 1.807) is 11.0 Å². The first kappa shape index (κ1) is 28.4. The van der Waals surface area contributed by atoms with Crippen molar-refractivity contribution in [3.05, 3.63) is 101 Å². The number of Topliss-reactive ketones (excluding diaryl/α,β-unsaturated/α-hetero) is 1. The first-order valence-electron chi connectivity index (χ1n) is 14.5. The highest BCUT2D eigenvalue weighted by molar-refractivity contribution is 6.46. The van der Waals surface area contributed by atoms with E-state index in [4.69, 9.17) is 9.47 Å². The summed E-state index contributed by atoms with van der Waals surface area (Å²) in [5.41, 5.74) is 3.41. The molecule has 0 spiro atoms. The third-order valence-electron chi connectivity index (χ3n) is 7.92. The maximum absolute atomic E-state index is 13.5. The van der Waals surface area contributed by atoms with Crippen LogP contribution in [-0.4, -0.2) is 58.9 Å². The largest absolute Gasteiger partial charge is 0.507 e. The second kappa shape index (κ2) is 12.6. The van der Waals surface area contributed by atoms with Gasteiger partial charge in [-0.3, -0.25) is 9.59 Å². The van der Waals surface area contributed by atoms with Gasteiger partial charge >= 0.3 is 0 Å². The molecule has 214 valence electrons. The molecule has 2 heterocycles. The van der Waals surface area contributed by atoms with Crippen LogP contribution in [0.3, 0.4) is 0 Å². The van der Waals surface area contributed by atoms with Gasteiger partial charge in [0, 0.05) is 18.5 Å². The molecular formula is C34H38N2O5. The molecule has 2 aliphatic heterocycles. The molecule has 0 bridgehead atoms. The summed E-state index contributed by atoms with van der Waals surface area (Å²) in [6.07, 6.45) is 1.50. The van der Waals surface area contributed by atoms with Crippen molar-refractivity contribution in [2.24, 2.45) is 0 Å². The van der Waals surface area contributed by atoms with Crippen LogP contribution in [0, 0.1) is 0 Å². The van der Waals surface area contributed by atoms with Crippen molar-refractivity contribution in [2.75, 3.05) is 26.2 Å². The van der Waals surface area contributed by atoms with Crippen molar-refractivity contribution < 1.29 is 24.2 Å². The summed E-state index contributed by atoms with van der Waals surface area (Å²) in [7, 11) is 0. The summed E-state index contributed by atoms with van der Waals surface area (Å²) in [6.45, 7) is 9.72. The Hall–Kier alpha value is -4.10. The summed E-state index contributed by atoms with van der Waals surface area (Å²) in [5.74, 6) is 0.0622. The SMILES string of the molecule is CCN(CC)CCCN1C(=O)C(=O)/C(=C(/O)c2ccc3c(c2)C[C@H](C)O3)[C@@H]1c1ccc(OCc2ccccc2)cc1. The van der Waals surface area contributed by atoms with Gasteiger partial charge in [0.25, 0.3) is 11.7 Å². The first-order valence-corrected chi connectivity index (χ1v) is 14.5. The smallest absolute Gasteiger partial charge is 0.295 e. The van der Waals surface area contributed by atoms with Gasteiger partial charge < -0.3 is 24.4 Å². The van der Waals surface area contributed by atoms with E-state index >= 15 is 0 Å². The fourth-order valence-corrected chi connectivity index (χ4v) is 5.67. The van der Waals surface area contributed by atoms with Crippen molar-refractivity contribution in [1.82, 2.24) is 9.80 Å². The number of hydrogen-bond donors (Lipinski definition) is 1. The lowest BCUT2D eigenvalue weighted by Crippen LogP contribution is -2.33. The van der Waals surface area contributed by atoms with Crippen LogP contribution in [0.25, 0.3) is 5.76 Å². The highest BCUT2D eigenvalue weighted by Crippen LogP contribution is 2.41. The fourth-order valence-electron chi connectivity index (χ4n) is 5.67. The third-order valence-corrected chi connectivity index (χ3v) is 7.92. The van der Waals surface area contributed by atoms with Gasteiger partial charge in [0.1, 0.15) is 30.0 Å². The number of carbonyl (C=O) groups excluding carboxylic acids is 2. The molecule has 2 atom stereocenters. The Morgan fingerprint density at radius 1 is 1.02 bits per heavy atom. The molecule has 3 aromatic carbocycles. The van der Waals surface area contributed by atoms with E-state index in [1.807, 2.05) is 73.7 Å². The summed E-state index contributed by atoms with van der Waals surface area (Å²) in [6, 6.07) is 22.1. The molecule has 0 aliphatic carbocycles. The van der Waals surface area contributed by atoms with Crippen LogP contribution in [0.15, 0.2) is 78.4 Å². The molecule has 41 heavy (non-hydrogen) atoms. The number of benzene rings is 3. The molecule has 0 saturated carbocycles. The monoisotopic (exact) mass is 554 g/mol. The van der Waals surface area contributed by atoms with Crippen LogP contribution < -0.4 is 9.47 Å². The summed E-state index contributed by atoms with van der Waals surface area (Å²) in [5, 5.41) is 11.5. The molecule has 5 rings (SSSR count). The lowest BCUT2D eigenvalue weighted by atomic mass is 9.94. The van der Waals surface area contributed by atoms with E-state index < -0.39 is 17.7 Å². The minimum absolute atomic E-state index is 0.0569. The van der Waals surface area contributed by atoms with Gasteiger partial charge in [-0.1, -0.05) is 56.3 Å².